The average molecular weight is 466 g/mol. The van der Waals surface area contributed by atoms with Crippen LogP contribution in [0.2, 0.25) is 0 Å². The molecule has 0 saturated heterocycles. The molecule has 9 nitrogen and oxygen atoms in total. The van der Waals surface area contributed by atoms with Gasteiger partial charge in [-0.3, -0.25) is 9.59 Å². The number of aliphatic hydroxyl groups is 1. The van der Waals surface area contributed by atoms with Crippen LogP contribution in [0, 0.1) is 11.3 Å². The lowest BCUT2D eigenvalue weighted by atomic mass is 9.51. The molecule has 0 amide bonds. The molecule has 5 rings (SSSR count). The first-order valence-electron chi connectivity index (χ1n) is 11.4. The van der Waals surface area contributed by atoms with E-state index >= 15 is 0 Å². The largest absolute Gasteiger partial charge is 0.491 e. The third-order valence-corrected chi connectivity index (χ3v) is 7.70. The number of fused-ring (bicyclic) bond motifs is 4. The summed E-state index contributed by atoms with van der Waals surface area (Å²) in [5.41, 5.74) is 0.251. The second-order valence-corrected chi connectivity index (χ2v) is 9.47. The monoisotopic (exact) mass is 465 g/mol. The fraction of sp³-hybridized carbons (Fsp3) is 0.440. The van der Waals surface area contributed by atoms with Crippen LogP contribution >= 0.6 is 0 Å². The van der Waals surface area contributed by atoms with Gasteiger partial charge in [0.2, 0.25) is 0 Å². The van der Waals surface area contributed by atoms with Crippen LogP contribution in [0.15, 0.2) is 57.2 Å². The minimum atomic E-state index is -1.02. The summed E-state index contributed by atoms with van der Waals surface area (Å²) in [7, 11) is 1.44. The van der Waals surface area contributed by atoms with Gasteiger partial charge in [-0.2, -0.15) is 0 Å². The third-order valence-electron chi connectivity index (χ3n) is 7.70. The van der Waals surface area contributed by atoms with Gasteiger partial charge in [0.05, 0.1) is 24.6 Å². The molecule has 4 atom stereocenters. The summed E-state index contributed by atoms with van der Waals surface area (Å²) in [5, 5.41) is 9.02. The number of hydrogen-bond acceptors (Lipinski definition) is 6. The number of ketones is 2. The highest BCUT2D eigenvalue weighted by atomic mass is 16.5. The van der Waals surface area contributed by atoms with Crippen molar-refractivity contribution in [3.63, 3.8) is 0 Å². The predicted molar refractivity (Wildman–Crippen MR) is 123 cm³/mol. The van der Waals surface area contributed by atoms with E-state index < -0.39 is 34.7 Å². The van der Waals surface area contributed by atoms with E-state index in [1.807, 2.05) is 25.1 Å². The number of hydrogen-bond donors (Lipinski definition) is 1. The van der Waals surface area contributed by atoms with Crippen LogP contribution in [0.25, 0.3) is 0 Å². The summed E-state index contributed by atoms with van der Waals surface area (Å²) < 4.78 is 9.42. The Hall–Kier alpha value is -3.46. The number of aliphatic hydroxyl groups excluding tert-OH is 1. The van der Waals surface area contributed by atoms with Gasteiger partial charge in [0.25, 0.3) is 0 Å². The zero-order chi connectivity index (χ0) is 24.4. The molecule has 0 spiro atoms. The highest BCUT2D eigenvalue weighted by Crippen LogP contribution is 2.59. The van der Waals surface area contributed by atoms with Gasteiger partial charge in [0, 0.05) is 18.9 Å². The zero-order valence-corrected chi connectivity index (χ0v) is 19.4. The highest BCUT2D eigenvalue weighted by Gasteiger charge is 2.59. The van der Waals surface area contributed by atoms with Crippen molar-refractivity contribution < 1.29 is 19.4 Å². The third kappa shape index (κ3) is 2.96. The Morgan fingerprint density at radius 1 is 1.12 bits per heavy atom. The SMILES string of the molecule is CC1=CC(=O)[C@@]2(C)[C@@H](c3ccc(OCCO)cc3)C3=CCn4c(=O)n(C)c(=O)n4[C@@H]3C[C@H]2C1=O. The Kier molecular flexibility index (Phi) is 5.12. The van der Waals surface area contributed by atoms with Gasteiger partial charge in [-0.25, -0.2) is 23.5 Å². The van der Waals surface area contributed by atoms with E-state index in [1.165, 1.54) is 22.5 Å². The fourth-order valence-electron chi connectivity index (χ4n) is 5.95. The summed E-state index contributed by atoms with van der Waals surface area (Å²) in [4.78, 5) is 52.5. The highest BCUT2D eigenvalue weighted by molar-refractivity contribution is 6.13. The maximum absolute atomic E-state index is 13.5. The lowest BCUT2D eigenvalue weighted by Gasteiger charge is -2.52. The maximum atomic E-state index is 13.5. The smallest absolute Gasteiger partial charge is 0.347 e. The van der Waals surface area contributed by atoms with Crippen molar-refractivity contribution >= 4 is 11.6 Å². The van der Waals surface area contributed by atoms with E-state index in [4.69, 9.17) is 9.84 Å². The minimum absolute atomic E-state index is 0.0995. The Labute approximate surface area is 195 Å². The van der Waals surface area contributed by atoms with Crippen molar-refractivity contribution in [2.45, 2.75) is 38.8 Å². The standard InChI is InChI=1S/C25H27N3O6/c1-14-12-20(30)25(2)18(22(14)31)13-19-17(8-9-27-23(32)26(3)24(33)28(19)27)21(25)15-4-6-16(7-5-15)34-11-10-29/h4-8,12,18-19,21,29H,9-11,13H2,1-3H3/t18-,19+,21-,25-/m0/s1. The number of carbonyl (C=O) groups excluding carboxylic acids is 2. The Balaban J connectivity index is 1.70. The van der Waals surface area contributed by atoms with Crippen molar-refractivity contribution in [1.29, 1.82) is 0 Å². The van der Waals surface area contributed by atoms with Crippen LogP contribution < -0.4 is 16.1 Å². The van der Waals surface area contributed by atoms with Gasteiger partial charge in [-0.15, -0.1) is 0 Å². The van der Waals surface area contributed by atoms with E-state index in [1.54, 1.807) is 19.1 Å². The number of benzene rings is 1. The molecule has 1 N–H and O–H groups in total. The number of nitrogens with zero attached hydrogens (tertiary/aromatic N) is 3. The van der Waals surface area contributed by atoms with Crippen LogP contribution in [-0.2, 0) is 23.2 Å². The summed E-state index contributed by atoms with van der Waals surface area (Å²) in [6.07, 6.45) is 3.64. The first-order valence-corrected chi connectivity index (χ1v) is 11.4. The second-order valence-electron chi connectivity index (χ2n) is 9.47. The van der Waals surface area contributed by atoms with Crippen LogP contribution in [0.1, 0.15) is 37.8 Å². The summed E-state index contributed by atoms with van der Waals surface area (Å²) in [6.45, 7) is 3.77. The molecule has 0 unspecified atom stereocenters. The number of allylic oxidation sites excluding steroid dienone is 4. The Bertz CT molecular complexity index is 1370. The van der Waals surface area contributed by atoms with Gasteiger partial charge < -0.3 is 9.84 Å². The number of rotatable bonds is 4. The van der Waals surface area contributed by atoms with E-state index in [2.05, 4.69) is 0 Å². The van der Waals surface area contributed by atoms with Crippen LogP contribution in [0.4, 0.5) is 0 Å². The van der Waals surface area contributed by atoms with Crippen molar-refractivity contribution in [2.24, 2.45) is 18.4 Å². The lowest BCUT2D eigenvalue weighted by Crippen LogP contribution is -2.54. The Morgan fingerprint density at radius 3 is 2.50 bits per heavy atom. The molecule has 3 aliphatic rings. The topological polar surface area (TPSA) is 113 Å². The summed E-state index contributed by atoms with van der Waals surface area (Å²) in [6, 6.07) is 6.77. The van der Waals surface area contributed by atoms with E-state index in [0.29, 0.717) is 11.3 Å². The maximum Gasteiger partial charge on any atom is 0.347 e. The summed E-state index contributed by atoms with van der Waals surface area (Å²) in [5.74, 6) is -0.712. The predicted octanol–water partition coefficient (Wildman–Crippen LogP) is 1.11. The van der Waals surface area contributed by atoms with Crippen LogP contribution in [0.5, 0.6) is 5.75 Å². The zero-order valence-electron chi connectivity index (χ0n) is 19.4. The molecule has 34 heavy (non-hydrogen) atoms. The molecule has 178 valence electrons. The first kappa shape index (κ1) is 22.3. The molecule has 2 aromatic rings. The number of carbonyl (C=O) groups is 2. The molecule has 1 saturated carbocycles. The quantitative estimate of drug-likeness (QED) is 0.677. The molecule has 1 aromatic heterocycles. The van der Waals surface area contributed by atoms with E-state index in [0.717, 1.165) is 15.7 Å². The lowest BCUT2D eigenvalue weighted by molar-refractivity contribution is -0.139. The summed E-state index contributed by atoms with van der Waals surface area (Å²) >= 11 is 0. The van der Waals surface area contributed by atoms with Crippen molar-refractivity contribution in [3.05, 3.63) is 74.1 Å². The number of ether oxygens (including phenoxy) is 1. The second kappa shape index (κ2) is 7.80. The molecule has 2 heterocycles. The van der Waals surface area contributed by atoms with Crippen molar-refractivity contribution in [1.82, 2.24) is 13.9 Å². The van der Waals surface area contributed by atoms with Crippen LogP contribution in [0.3, 0.4) is 0 Å². The van der Waals surface area contributed by atoms with Gasteiger partial charge >= 0.3 is 11.4 Å². The average Bonchev–Trinajstić information content (AvgIpc) is 3.05. The van der Waals surface area contributed by atoms with Gasteiger partial charge in [-0.05, 0) is 48.3 Å². The van der Waals surface area contributed by atoms with Gasteiger partial charge in [0.15, 0.2) is 11.6 Å². The minimum Gasteiger partial charge on any atom is -0.491 e. The van der Waals surface area contributed by atoms with Gasteiger partial charge in [-0.1, -0.05) is 25.1 Å². The van der Waals surface area contributed by atoms with Gasteiger partial charge in [0.1, 0.15) is 12.4 Å². The van der Waals surface area contributed by atoms with Crippen molar-refractivity contribution in [2.75, 3.05) is 13.2 Å². The van der Waals surface area contributed by atoms with Crippen LogP contribution in [-0.4, -0.2) is 43.8 Å². The van der Waals surface area contributed by atoms with Crippen molar-refractivity contribution in [3.8, 4) is 5.75 Å². The molecule has 2 aliphatic carbocycles. The number of Topliss-reactive ketones (excluding diaryl/α,β-unsaturated/α-hetero) is 1. The molecule has 1 fully saturated rings. The van der Waals surface area contributed by atoms with E-state index in [9.17, 15) is 19.2 Å². The Morgan fingerprint density at radius 2 is 1.82 bits per heavy atom. The number of aromatic nitrogens is 3. The normalized spacial score (nSPS) is 27.9. The molecule has 0 bridgehead atoms. The molecular formula is C25H27N3O6. The van der Waals surface area contributed by atoms with E-state index in [-0.39, 0.29) is 37.7 Å². The molecule has 0 radical (unpaired) electrons. The fourth-order valence-corrected chi connectivity index (χ4v) is 5.95. The molecule has 9 heteroatoms. The first-order chi connectivity index (χ1) is 16.2. The molecule has 1 aliphatic heterocycles. The molecule has 1 aromatic carbocycles. The molecular weight excluding hydrogens is 438 g/mol.